The summed E-state index contributed by atoms with van der Waals surface area (Å²) in [5.41, 5.74) is 0.333. The second kappa shape index (κ2) is 7.15. The molecule has 0 aliphatic carbocycles. The van der Waals surface area contributed by atoms with Crippen molar-refractivity contribution in [2.24, 2.45) is 0 Å². The number of anilines is 1. The van der Waals surface area contributed by atoms with Crippen LogP contribution in [0, 0.1) is 6.92 Å². The second-order valence-corrected chi connectivity index (χ2v) is 5.32. The Kier molecular flexibility index (Phi) is 5.23. The predicted octanol–water partition coefficient (Wildman–Crippen LogP) is 1.60. The van der Waals surface area contributed by atoms with Crippen LogP contribution in [0.3, 0.4) is 0 Å². The number of ether oxygens (including phenoxy) is 1. The number of hydrogen-bond acceptors (Lipinski definition) is 4. The molecule has 0 unspecified atom stereocenters. The molecule has 1 heterocycles. The summed E-state index contributed by atoms with van der Waals surface area (Å²) in [7, 11) is 1.50. The van der Waals surface area contributed by atoms with Crippen LogP contribution >= 0.6 is 11.6 Å². The molecule has 3 N–H and O–H groups in total. The number of amides is 1. The van der Waals surface area contributed by atoms with Gasteiger partial charge in [0.25, 0.3) is 5.56 Å². The smallest absolute Gasteiger partial charge is 0.325 e. The number of carbonyl (C=O) groups is 1. The van der Waals surface area contributed by atoms with Crippen molar-refractivity contribution in [1.29, 1.82) is 0 Å². The first-order valence-electron chi connectivity index (χ1n) is 6.86. The van der Waals surface area contributed by atoms with E-state index < -0.39 is 11.2 Å². The summed E-state index contributed by atoms with van der Waals surface area (Å²) in [5.74, 6) is 0.247. The quantitative estimate of drug-likeness (QED) is 0.770. The van der Waals surface area contributed by atoms with E-state index in [0.717, 1.165) is 0 Å². The SMILES string of the molecule is COc1ccc(NC(=O)CCc2c(C)[nH]c(=O)[nH]c2=O)cc1Cl. The Morgan fingerprint density at radius 2 is 2.04 bits per heavy atom. The average Bonchev–Trinajstić information content (AvgIpc) is 2.46. The number of aromatic nitrogens is 2. The van der Waals surface area contributed by atoms with E-state index in [1.165, 1.54) is 7.11 Å². The summed E-state index contributed by atoms with van der Waals surface area (Å²) in [4.78, 5) is 39.4. The standard InChI is InChI=1S/C15H16ClN3O4/c1-8-10(14(21)19-15(22)17-8)4-6-13(20)18-9-3-5-12(23-2)11(16)7-9/h3,5,7H,4,6H2,1-2H3,(H,18,20)(H2,17,19,21,22). The van der Waals surface area contributed by atoms with E-state index in [4.69, 9.17) is 16.3 Å². The molecule has 0 bridgehead atoms. The zero-order chi connectivity index (χ0) is 17.0. The molecule has 0 saturated heterocycles. The van der Waals surface area contributed by atoms with Crippen molar-refractivity contribution >= 4 is 23.2 Å². The number of aromatic amines is 2. The van der Waals surface area contributed by atoms with Crippen molar-refractivity contribution in [2.45, 2.75) is 19.8 Å². The van der Waals surface area contributed by atoms with Gasteiger partial charge in [0.2, 0.25) is 5.91 Å². The summed E-state index contributed by atoms with van der Waals surface area (Å²) in [6.45, 7) is 1.62. The third-order valence-corrected chi connectivity index (χ3v) is 3.59. The molecular formula is C15H16ClN3O4. The molecule has 23 heavy (non-hydrogen) atoms. The minimum atomic E-state index is -0.562. The van der Waals surface area contributed by atoms with Gasteiger partial charge in [-0.25, -0.2) is 4.79 Å². The van der Waals surface area contributed by atoms with E-state index in [1.807, 2.05) is 0 Å². The number of methoxy groups -OCH3 is 1. The topological polar surface area (TPSA) is 104 Å². The number of rotatable bonds is 5. The fourth-order valence-electron chi connectivity index (χ4n) is 2.13. The van der Waals surface area contributed by atoms with Gasteiger partial charge in [0.05, 0.1) is 12.1 Å². The molecule has 0 radical (unpaired) electrons. The van der Waals surface area contributed by atoms with E-state index in [0.29, 0.717) is 27.7 Å². The van der Waals surface area contributed by atoms with Crippen LogP contribution in [0.5, 0.6) is 5.75 Å². The third kappa shape index (κ3) is 4.23. The van der Waals surface area contributed by atoms with Gasteiger partial charge in [0.1, 0.15) is 5.75 Å². The van der Waals surface area contributed by atoms with Crippen LogP contribution in [0.25, 0.3) is 0 Å². The van der Waals surface area contributed by atoms with E-state index in [-0.39, 0.29) is 18.7 Å². The molecule has 2 aromatic rings. The first-order valence-corrected chi connectivity index (χ1v) is 7.24. The van der Waals surface area contributed by atoms with Gasteiger partial charge in [0, 0.05) is 23.4 Å². The molecule has 2 rings (SSSR count). The molecule has 0 aliphatic rings. The predicted molar refractivity (Wildman–Crippen MR) is 87.4 cm³/mol. The molecule has 0 spiro atoms. The van der Waals surface area contributed by atoms with Crippen LogP contribution in [0.4, 0.5) is 5.69 Å². The molecule has 122 valence electrons. The molecule has 0 atom stereocenters. The summed E-state index contributed by atoms with van der Waals surface area (Å²) >= 11 is 5.99. The highest BCUT2D eigenvalue weighted by molar-refractivity contribution is 6.32. The van der Waals surface area contributed by atoms with Crippen molar-refractivity contribution in [3.8, 4) is 5.75 Å². The monoisotopic (exact) mass is 337 g/mol. The van der Waals surface area contributed by atoms with E-state index in [1.54, 1.807) is 25.1 Å². The van der Waals surface area contributed by atoms with Crippen LogP contribution in [-0.2, 0) is 11.2 Å². The number of halogens is 1. The molecular weight excluding hydrogens is 322 g/mol. The molecule has 0 saturated carbocycles. The first-order chi connectivity index (χ1) is 10.9. The number of carbonyl (C=O) groups excluding carboxylic acids is 1. The Balaban J connectivity index is 2.02. The Hall–Kier alpha value is -2.54. The van der Waals surface area contributed by atoms with Gasteiger partial charge in [-0.3, -0.25) is 14.6 Å². The number of aryl methyl sites for hydroxylation is 1. The van der Waals surface area contributed by atoms with Crippen LogP contribution < -0.4 is 21.3 Å². The fraction of sp³-hybridized carbons (Fsp3) is 0.267. The lowest BCUT2D eigenvalue weighted by molar-refractivity contribution is -0.116. The van der Waals surface area contributed by atoms with E-state index in [9.17, 15) is 14.4 Å². The van der Waals surface area contributed by atoms with Gasteiger partial charge >= 0.3 is 5.69 Å². The maximum Gasteiger partial charge on any atom is 0.325 e. The van der Waals surface area contributed by atoms with Crippen molar-refractivity contribution in [2.75, 3.05) is 12.4 Å². The van der Waals surface area contributed by atoms with Crippen molar-refractivity contribution < 1.29 is 9.53 Å². The Bertz CT molecular complexity index is 841. The summed E-state index contributed by atoms with van der Waals surface area (Å²) < 4.78 is 5.03. The van der Waals surface area contributed by atoms with Gasteiger partial charge in [-0.2, -0.15) is 0 Å². The second-order valence-electron chi connectivity index (χ2n) is 4.91. The minimum Gasteiger partial charge on any atom is -0.495 e. The normalized spacial score (nSPS) is 10.4. The van der Waals surface area contributed by atoms with Gasteiger partial charge in [-0.1, -0.05) is 11.6 Å². The summed E-state index contributed by atoms with van der Waals surface area (Å²) in [5, 5.41) is 3.08. The van der Waals surface area contributed by atoms with Gasteiger partial charge in [-0.15, -0.1) is 0 Å². The maximum atomic E-state index is 12.0. The Morgan fingerprint density at radius 3 is 2.65 bits per heavy atom. The van der Waals surface area contributed by atoms with Crippen LogP contribution in [0.15, 0.2) is 27.8 Å². The zero-order valence-electron chi connectivity index (χ0n) is 12.7. The maximum absolute atomic E-state index is 12.0. The molecule has 1 amide bonds. The lowest BCUT2D eigenvalue weighted by atomic mass is 10.1. The summed E-state index contributed by atoms with van der Waals surface area (Å²) in [6, 6.07) is 4.89. The fourth-order valence-corrected chi connectivity index (χ4v) is 2.39. The lowest BCUT2D eigenvalue weighted by Gasteiger charge is -2.08. The molecule has 0 aliphatic heterocycles. The summed E-state index contributed by atoms with van der Waals surface area (Å²) in [6.07, 6.45) is 0.313. The first kappa shape index (κ1) is 16.8. The largest absolute Gasteiger partial charge is 0.495 e. The van der Waals surface area contributed by atoms with E-state index in [2.05, 4.69) is 15.3 Å². The molecule has 1 aromatic heterocycles. The van der Waals surface area contributed by atoms with Crippen molar-refractivity contribution in [3.05, 3.63) is 55.3 Å². The average molecular weight is 338 g/mol. The highest BCUT2D eigenvalue weighted by Crippen LogP contribution is 2.27. The Morgan fingerprint density at radius 1 is 1.30 bits per heavy atom. The third-order valence-electron chi connectivity index (χ3n) is 3.29. The number of nitrogens with one attached hydrogen (secondary N) is 3. The van der Waals surface area contributed by atoms with Gasteiger partial charge in [0.15, 0.2) is 0 Å². The van der Waals surface area contributed by atoms with Crippen LogP contribution in [-0.4, -0.2) is 23.0 Å². The highest BCUT2D eigenvalue weighted by atomic mass is 35.5. The highest BCUT2D eigenvalue weighted by Gasteiger charge is 2.10. The molecule has 0 fully saturated rings. The van der Waals surface area contributed by atoms with E-state index >= 15 is 0 Å². The molecule has 8 heteroatoms. The van der Waals surface area contributed by atoms with Crippen molar-refractivity contribution in [1.82, 2.24) is 9.97 Å². The number of benzene rings is 1. The number of H-pyrrole nitrogens is 2. The van der Waals surface area contributed by atoms with Crippen molar-refractivity contribution in [3.63, 3.8) is 0 Å². The van der Waals surface area contributed by atoms with Crippen LogP contribution in [0.1, 0.15) is 17.7 Å². The molecule has 7 nitrogen and oxygen atoms in total. The van der Waals surface area contributed by atoms with Gasteiger partial charge < -0.3 is 15.0 Å². The van der Waals surface area contributed by atoms with Gasteiger partial charge in [-0.05, 0) is 31.5 Å². The van der Waals surface area contributed by atoms with Crippen LogP contribution in [0.2, 0.25) is 5.02 Å². The Labute approximate surface area is 136 Å². The minimum absolute atomic E-state index is 0.0968. The lowest BCUT2D eigenvalue weighted by Crippen LogP contribution is -2.27. The zero-order valence-corrected chi connectivity index (χ0v) is 13.4. The number of hydrogen-bond donors (Lipinski definition) is 3. The molecule has 1 aromatic carbocycles.